The number of ether oxygens (including phenoxy) is 1. The number of carbonyl (C=O) groups is 2. The number of methoxy groups -OCH3 is 1. The van der Waals surface area contributed by atoms with Crippen LogP contribution in [0.25, 0.3) is 0 Å². The maximum atomic E-state index is 11.6. The second kappa shape index (κ2) is 5.80. The molecule has 19 heavy (non-hydrogen) atoms. The van der Waals surface area contributed by atoms with E-state index in [9.17, 15) is 18.0 Å². The summed E-state index contributed by atoms with van der Waals surface area (Å²) in [6.45, 7) is 0. The van der Waals surface area contributed by atoms with Gasteiger partial charge in [0.1, 0.15) is 6.04 Å². The zero-order valence-corrected chi connectivity index (χ0v) is 11.0. The van der Waals surface area contributed by atoms with E-state index < -0.39 is 33.8 Å². The molecule has 0 amide bonds. The number of hydrogen-bond donors (Lipinski definition) is 2. The lowest BCUT2D eigenvalue weighted by Gasteiger charge is -2.12. The lowest BCUT2D eigenvalue weighted by atomic mass is 10.2. The zero-order valence-electron chi connectivity index (χ0n) is 10.2. The van der Waals surface area contributed by atoms with Gasteiger partial charge in [-0.1, -0.05) is 0 Å². The fourth-order valence-electron chi connectivity index (χ4n) is 1.29. The highest BCUT2D eigenvalue weighted by molar-refractivity contribution is 7.90. The summed E-state index contributed by atoms with van der Waals surface area (Å²) in [7, 11) is -1.52. The molecule has 0 aliphatic carbocycles. The second-order valence-electron chi connectivity index (χ2n) is 3.67. The summed E-state index contributed by atoms with van der Waals surface area (Å²) in [4.78, 5) is 22.0. The molecule has 0 aliphatic heterocycles. The summed E-state index contributed by atoms with van der Waals surface area (Å²) in [6.07, 6.45) is 2.58. The van der Waals surface area contributed by atoms with Crippen molar-refractivity contribution in [1.82, 2.24) is 14.5 Å². The smallest absolute Gasteiger partial charge is 0.326 e. The third kappa shape index (κ3) is 4.34. The van der Waals surface area contributed by atoms with Crippen LogP contribution in [0.2, 0.25) is 0 Å². The van der Waals surface area contributed by atoms with Crippen molar-refractivity contribution in [2.45, 2.75) is 6.04 Å². The van der Waals surface area contributed by atoms with Crippen molar-refractivity contribution < 1.29 is 27.9 Å². The van der Waals surface area contributed by atoms with Crippen LogP contribution in [0.5, 0.6) is 0 Å². The van der Waals surface area contributed by atoms with Gasteiger partial charge in [0.2, 0.25) is 10.0 Å². The highest BCUT2D eigenvalue weighted by Crippen LogP contribution is 2.13. The SMILES string of the molecule is COC(=O)CS(=O)(=O)NC(C(=O)O)c1cnn(C)c1. The van der Waals surface area contributed by atoms with E-state index in [1.165, 1.54) is 17.1 Å². The fourth-order valence-corrected chi connectivity index (χ4v) is 2.39. The summed E-state index contributed by atoms with van der Waals surface area (Å²) in [5.74, 6) is -3.34. The quantitative estimate of drug-likeness (QED) is 0.619. The van der Waals surface area contributed by atoms with Crippen molar-refractivity contribution in [2.75, 3.05) is 12.9 Å². The highest BCUT2D eigenvalue weighted by Gasteiger charge is 2.28. The van der Waals surface area contributed by atoms with Gasteiger partial charge in [-0.15, -0.1) is 0 Å². The van der Waals surface area contributed by atoms with Crippen LogP contribution in [0.3, 0.4) is 0 Å². The summed E-state index contributed by atoms with van der Waals surface area (Å²) < 4.78 is 30.6. The van der Waals surface area contributed by atoms with Crippen molar-refractivity contribution in [3.8, 4) is 0 Å². The van der Waals surface area contributed by atoms with Gasteiger partial charge in [-0.2, -0.15) is 9.82 Å². The van der Waals surface area contributed by atoms with E-state index >= 15 is 0 Å². The Hall–Kier alpha value is -1.94. The van der Waals surface area contributed by atoms with E-state index in [1.807, 2.05) is 4.72 Å². The first kappa shape index (κ1) is 15.1. The van der Waals surface area contributed by atoms with Gasteiger partial charge in [-0.25, -0.2) is 8.42 Å². The molecule has 1 rings (SSSR count). The molecule has 2 N–H and O–H groups in total. The van der Waals surface area contributed by atoms with Gasteiger partial charge >= 0.3 is 11.9 Å². The standard InChI is InChI=1S/C9H13N3O6S/c1-12-4-6(3-10-12)8(9(14)15)11-19(16,17)5-7(13)18-2/h3-4,8,11H,5H2,1-2H3,(H,14,15). The Bertz CT molecular complexity index is 579. The normalized spacial score (nSPS) is 12.9. The number of esters is 1. The minimum atomic E-state index is -4.12. The van der Waals surface area contributed by atoms with E-state index in [2.05, 4.69) is 9.84 Å². The van der Waals surface area contributed by atoms with E-state index in [4.69, 9.17) is 5.11 Å². The number of carboxylic acids is 1. The first-order valence-corrected chi connectivity index (χ1v) is 6.68. The van der Waals surface area contributed by atoms with Gasteiger partial charge in [-0.3, -0.25) is 14.3 Å². The number of carboxylic acid groups (broad SMARTS) is 1. The summed E-state index contributed by atoms with van der Waals surface area (Å²) in [5, 5.41) is 12.8. The number of nitrogens with one attached hydrogen (secondary N) is 1. The van der Waals surface area contributed by atoms with E-state index in [0.717, 1.165) is 7.11 Å². The molecule has 0 saturated carbocycles. The third-order valence-corrected chi connectivity index (χ3v) is 3.35. The fraction of sp³-hybridized carbons (Fsp3) is 0.444. The van der Waals surface area contributed by atoms with Gasteiger partial charge in [0.05, 0.1) is 13.3 Å². The molecule has 10 heteroatoms. The van der Waals surface area contributed by atoms with Crippen LogP contribution in [0, 0.1) is 0 Å². The first-order chi connectivity index (χ1) is 8.75. The number of aromatic nitrogens is 2. The van der Waals surface area contributed by atoms with E-state index in [-0.39, 0.29) is 5.56 Å². The topological polar surface area (TPSA) is 128 Å². The monoisotopic (exact) mass is 291 g/mol. The number of nitrogens with zero attached hydrogens (tertiary/aromatic N) is 2. The van der Waals surface area contributed by atoms with Crippen LogP contribution < -0.4 is 4.72 Å². The molecule has 0 saturated heterocycles. The van der Waals surface area contributed by atoms with Gasteiger partial charge < -0.3 is 9.84 Å². The van der Waals surface area contributed by atoms with Gasteiger partial charge in [0.15, 0.2) is 5.75 Å². The number of aryl methyl sites for hydroxylation is 1. The Morgan fingerprint density at radius 1 is 1.58 bits per heavy atom. The van der Waals surface area contributed by atoms with Gasteiger partial charge in [0, 0.05) is 18.8 Å². The van der Waals surface area contributed by atoms with Crippen LogP contribution in [0.15, 0.2) is 12.4 Å². The van der Waals surface area contributed by atoms with Crippen molar-refractivity contribution in [3.05, 3.63) is 18.0 Å². The Balaban J connectivity index is 2.91. The molecule has 1 atom stereocenters. The highest BCUT2D eigenvalue weighted by atomic mass is 32.2. The molecule has 0 aromatic carbocycles. The molecule has 1 unspecified atom stereocenters. The molecular weight excluding hydrogens is 278 g/mol. The summed E-state index contributed by atoms with van der Waals surface area (Å²) >= 11 is 0. The van der Waals surface area contributed by atoms with Crippen LogP contribution >= 0.6 is 0 Å². The minimum absolute atomic E-state index is 0.156. The maximum Gasteiger partial charge on any atom is 0.326 e. The van der Waals surface area contributed by atoms with Gasteiger partial charge in [0.25, 0.3) is 0 Å². The van der Waals surface area contributed by atoms with Crippen molar-refractivity contribution in [1.29, 1.82) is 0 Å². The first-order valence-electron chi connectivity index (χ1n) is 5.03. The molecule has 0 fully saturated rings. The zero-order chi connectivity index (χ0) is 14.6. The van der Waals surface area contributed by atoms with Crippen molar-refractivity contribution in [3.63, 3.8) is 0 Å². The number of carbonyl (C=O) groups excluding carboxylic acids is 1. The number of rotatable bonds is 6. The number of sulfonamides is 1. The van der Waals surface area contributed by atoms with Crippen LogP contribution in [-0.2, 0) is 31.4 Å². The van der Waals surface area contributed by atoms with Crippen molar-refractivity contribution >= 4 is 22.0 Å². The largest absolute Gasteiger partial charge is 0.480 e. The Morgan fingerprint density at radius 3 is 2.63 bits per heavy atom. The molecule has 0 radical (unpaired) electrons. The van der Waals surface area contributed by atoms with Gasteiger partial charge in [-0.05, 0) is 0 Å². The van der Waals surface area contributed by atoms with E-state index in [1.54, 1.807) is 7.05 Å². The lowest BCUT2D eigenvalue weighted by molar-refractivity contribution is -0.140. The average Bonchev–Trinajstić information content (AvgIpc) is 2.71. The molecule has 0 spiro atoms. The Labute approximate surface area is 109 Å². The molecule has 0 bridgehead atoms. The lowest BCUT2D eigenvalue weighted by Crippen LogP contribution is -2.37. The number of aliphatic carboxylic acids is 1. The Kier molecular flexibility index (Phi) is 4.62. The number of hydrogen-bond acceptors (Lipinski definition) is 6. The molecule has 0 aliphatic rings. The average molecular weight is 291 g/mol. The van der Waals surface area contributed by atoms with Crippen LogP contribution in [0.4, 0.5) is 0 Å². The molecule has 9 nitrogen and oxygen atoms in total. The molecule has 1 aromatic heterocycles. The van der Waals surface area contributed by atoms with Crippen LogP contribution in [0.1, 0.15) is 11.6 Å². The molecule has 106 valence electrons. The summed E-state index contributed by atoms with van der Waals surface area (Å²) in [6, 6.07) is -1.51. The molecule has 1 aromatic rings. The Morgan fingerprint density at radius 2 is 2.21 bits per heavy atom. The van der Waals surface area contributed by atoms with Crippen molar-refractivity contribution in [2.24, 2.45) is 7.05 Å². The van der Waals surface area contributed by atoms with E-state index in [0.29, 0.717) is 0 Å². The third-order valence-electron chi connectivity index (χ3n) is 2.14. The predicted molar refractivity (Wildman–Crippen MR) is 62.5 cm³/mol. The second-order valence-corrected chi connectivity index (χ2v) is 5.43. The minimum Gasteiger partial charge on any atom is -0.480 e. The molecule has 1 heterocycles. The molecular formula is C9H13N3O6S. The predicted octanol–water partition coefficient (Wildman–Crippen LogP) is -1.36. The van der Waals surface area contributed by atoms with Crippen LogP contribution in [-0.4, -0.2) is 48.1 Å². The summed E-state index contributed by atoms with van der Waals surface area (Å²) in [5.41, 5.74) is 0.156. The maximum absolute atomic E-state index is 11.6.